The molecule has 30 heavy (non-hydrogen) atoms. The molecule has 0 spiro atoms. The molecular weight excluding hydrogens is 382 g/mol. The zero-order chi connectivity index (χ0) is 20.7. The number of carbonyl (C=O) groups excluding carboxylic acids is 1. The zero-order valence-electron chi connectivity index (χ0n) is 16.7. The van der Waals surface area contributed by atoms with Crippen LogP contribution in [0, 0.1) is 5.92 Å². The van der Waals surface area contributed by atoms with Crippen molar-refractivity contribution in [2.75, 3.05) is 19.7 Å². The van der Waals surface area contributed by atoms with Crippen molar-refractivity contribution in [2.45, 2.75) is 37.4 Å². The van der Waals surface area contributed by atoms with Crippen LogP contribution in [0.25, 0.3) is 11.1 Å². The fourth-order valence-corrected chi connectivity index (χ4v) is 5.17. The fourth-order valence-electron chi connectivity index (χ4n) is 5.17. The number of likely N-dealkylation sites (tertiary alicyclic amines) is 1. The van der Waals surface area contributed by atoms with Crippen LogP contribution < -0.4 is 0 Å². The summed E-state index contributed by atoms with van der Waals surface area (Å²) in [4.78, 5) is 25.9. The molecule has 6 nitrogen and oxygen atoms in total. The maximum atomic E-state index is 12.9. The Kier molecular flexibility index (Phi) is 4.95. The number of rotatable bonds is 3. The van der Waals surface area contributed by atoms with Crippen LogP contribution in [0.3, 0.4) is 0 Å². The van der Waals surface area contributed by atoms with Crippen molar-refractivity contribution in [1.29, 1.82) is 0 Å². The minimum atomic E-state index is -0.921. The molecule has 1 aliphatic carbocycles. The van der Waals surface area contributed by atoms with Gasteiger partial charge in [-0.05, 0) is 41.5 Å². The maximum Gasteiger partial charge on any atom is 0.409 e. The normalized spacial score (nSPS) is 25.2. The van der Waals surface area contributed by atoms with Gasteiger partial charge in [-0.15, -0.1) is 0 Å². The van der Waals surface area contributed by atoms with Crippen molar-refractivity contribution in [3.05, 3.63) is 59.7 Å². The molecule has 2 aromatic carbocycles. The summed E-state index contributed by atoms with van der Waals surface area (Å²) in [5.74, 6) is -0.836. The number of carboxylic acid groups (broad SMARTS) is 1. The number of carbonyl (C=O) groups is 2. The third-order valence-corrected chi connectivity index (χ3v) is 6.62. The molecule has 1 amide bonds. The first-order valence-corrected chi connectivity index (χ1v) is 10.6. The van der Waals surface area contributed by atoms with E-state index in [1.165, 1.54) is 22.3 Å². The molecule has 2 fully saturated rings. The van der Waals surface area contributed by atoms with Gasteiger partial charge in [0.05, 0.1) is 6.10 Å². The molecule has 2 aromatic rings. The second kappa shape index (κ2) is 7.76. The van der Waals surface area contributed by atoms with Gasteiger partial charge in [0.25, 0.3) is 0 Å². The van der Waals surface area contributed by atoms with Crippen LogP contribution in [-0.2, 0) is 14.3 Å². The SMILES string of the molecule is O=C(O)C1CC2CN(C(=O)OCC3c4ccccc4-c4ccccc43)CCCC2O1. The smallest absolute Gasteiger partial charge is 0.409 e. The highest BCUT2D eigenvalue weighted by Gasteiger charge is 2.41. The van der Waals surface area contributed by atoms with E-state index in [2.05, 4.69) is 24.3 Å². The van der Waals surface area contributed by atoms with Crippen LogP contribution in [0.4, 0.5) is 4.79 Å². The number of fused-ring (bicyclic) bond motifs is 4. The van der Waals surface area contributed by atoms with E-state index in [1.54, 1.807) is 4.90 Å². The van der Waals surface area contributed by atoms with Crippen LogP contribution >= 0.6 is 0 Å². The molecular formula is C24H25NO5. The van der Waals surface area contributed by atoms with E-state index in [0.29, 0.717) is 26.1 Å². The second-order valence-electron chi connectivity index (χ2n) is 8.39. The van der Waals surface area contributed by atoms with Crippen molar-refractivity contribution in [3.63, 3.8) is 0 Å². The van der Waals surface area contributed by atoms with E-state index >= 15 is 0 Å². The molecule has 0 aromatic heterocycles. The number of ether oxygens (including phenoxy) is 2. The highest BCUT2D eigenvalue weighted by Crippen LogP contribution is 2.44. The molecule has 3 unspecified atom stereocenters. The molecule has 3 atom stereocenters. The number of amides is 1. The third kappa shape index (κ3) is 3.35. The summed E-state index contributed by atoms with van der Waals surface area (Å²) in [6, 6.07) is 16.5. The first-order valence-electron chi connectivity index (χ1n) is 10.6. The van der Waals surface area contributed by atoms with Crippen LogP contribution in [0.15, 0.2) is 48.5 Å². The Morgan fingerprint density at radius 2 is 1.73 bits per heavy atom. The molecule has 1 N–H and O–H groups in total. The molecule has 0 saturated carbocycles. The lowest BCUT2D eigenvalue weighted by molar-refractivity contribution is -0.149. The quantitative estimate of drug-likeness (QED) is 0.835. The van der Waals surface area contributed by atoms with Gasteiger partial charge in [-0.3, -0.25) is 0 Å². The van der Waals surface area contributed by atoms with E-state index < -0.39 is 12.1 Å². The van der Waals surface area contributed by atoms with Crippen LogP contribution in [0.1, 0.15) is 36.3 Å². The van der Waals surface area contributed by atoms with Crippen molar-refractivity contribution >= 4 is 12.1 Å². The predicted octanol–water partition coefficient (Wildman–Crippen LogP) is 3.89. The average Bonchev–Trinajstić information content (AvgIpc) is 3.24. The van der Waals surface area contributed by atoms with E-state index in [-0.39, 0.29) is 24.0 Å². The monoisotopic (exact) mass is 407 g/mol. The molecule has 2 aliphatic heterocycles. The summed E-state index contributed by atoms with van der Waals surface area (Å²) in [7, 11) is 0. The summed E-state index contributed by atoms with van der Waals surface area (Å²) >= 11 is 0. The number of aliphatic carboxylic acids is 1. The standard InChI is InChI=1S/C24H25NO5/c26-23(27)22-12-15-13-25(11-5-10-21(15)30-22)24(28)29-14-20-18-8-3-1-6-16(18)17-7-2-4-9-19(17)20/h1-4,6-9,15,20-22H,5,10-14H2,(H,26,27). The predicted molar refractivity (Wildman–Crippen MR) is 110 cm³/mol. The number of carboxylic acids is 1. The van der Waals surface area contributed by atoms with Gasteiger partial charge < -0.3 is 19.5 Å². The van der Waals surface area contributed by atoms with E-state index in [4.69, 9.17) is 9.47 Å². The van der Waals surface area contributed by atoms with Gasteiger partial charge in [0.1, 0.15) is 6.61 Å². The van der Waals surface area contributed by atoms with E-state index in [0.717, 1.165) is 12.8 Å². The highest BCUT2D eigenvalue weighted by atomic mass is 16.6. The minimum Gasteiger partial charge on any atom is -0.479 e. The number of nitrogens with zero attached hydrogens (tertiary/aromatic N) is 1. The van der Waals surface area contributed by atoms with Gasteiger partial charge in [0.15, 0.2) is 6.10 Å². The van der Waals surface area contributed by atoms with Crippen LogP contribution in [0.5, 0.6) is 0 Å². The third-order valence-electron chi connectivity index (χ3n) is 6.62. The van der Waals surface area contributed by atoms with E-state index in [9.17, 15) is 14.7 Å². The molecule has 0 bridgehead atoms. The Morgan fingerprint density at radius 3 is 2.40 bits per heavy atom. The Labute approximate surface area is 175 Å². The zero-order valence-corrected chi connectivity index (χ0v) is 16.7. The Morgan fingerprint density at radius 1 is 1.07 bits per heavy atom. The van der Waals surface area contributed by atoms with Gasteiger partial charge in [-0.1, -0.05) is 48.5 Å². The molecule has 5 rings (SSSR count). The van der Waals surface area contributed by atoms with Gasteiger partial charge in [0.2, 0.25) is 0 Å². The molecule has 2 heterocycles. The Balaban J connectivity index is 1.27. The number of hydrogen-bond acceptors (Lipinski definition) is 4. The second-order valence-corrected chi connectivity index (χ2v) is 8.39. The summed E-state index contributed by atoms with van der Waals surface area (Å²) in [6.07, 6.45) is 0.850. The topological polar surface area (TPSA) is 76.1 Å². The summed E-state index contributed by atoms with van der Waals surface area (Å²) in [5.41, 5.74) is 4.79. The summed E-state index contributed by atoms with van der Waals surface area (Å²) in [5, 5.41) is 9.24. The molecule has 6 heteroatoms. The molecule has 3 aliphatic rings. The lowest BCUT2D eigenvalue weighted by Gasteiger charge is -2.24. The van der Waals surface area contributed by atoms with Gasteiger partial charge in [0, 0.05) is 24.9 Å². The van der Waals surface area contributed by atoms with Gasteiger partial charge in [-0.2, -0.15) is 0 Å². The van der Waals surface area contributed by atoms with Gasteiger partial charge >= 0.3 is 12.1 Å². The number of hydrogen-bond donors (Lipinski definition) is 1. The summed E-state index contributed by atoms with van der Waals surface area (Å²) in [6.45, 7) is 1.40. The largest absolute Gasteiger partial charge is 0.479 e. The van der Waals surface area contributed by atoms with Gasteiger partial charge in [-0.25, -0.2) is 9.59 Å². The maximum absolute atomic E-state index is 12.9. The lowest BCUT2D eigenvalue weighted by Crippen LogP contribution is -2.36. The molecule has 156 valence electrons. The average molecular weight is 407 g/mol. The van der Waals surface area contributed by atoms with Crippen LogP contribution in [-0.4, -0.2) is 54.0 Å². The molecule has 0 radical (unpaired) electrons. The number of benzene rings is 2. The fraction of sp³-hybridized carbons (Fsp3) is 0.417. The highest BCUT2D eigenvalue weighted by molar-refractivity contribution is 5.79. The summed E-state index contributed by atoms with van der Waals surface area (Å²) < 4.78 is 11.5. The van der Waals surface area contributed by atoms with Crippen LogP contribution in [0.2, 0.25) is 0 Å². The van der Waals surface area contributed by atoms with Crippen molar-refractivity contribution in [2.24, 2.45) is 5.92 Å². The first-order chi connectivity index (χ1) is 14.6. The Hall–Kier alpha value is -2.86. The molecule has 2 saturated heterocycles. The Bertz CT molecular complexity index is 928. The first kappa shape index (κ1) is 19.1. The minimum absolute atomic E-state index is 0.0345. The van der Waals surface area contributed by atoms with Crippen molar-refractivity contribution in [3.8, 4) is 11.1 Å². The van der Waals surface area contributed by atoms with Crippen molar-refractivity contribution < 1.29 is 24.2 Å². The van der Waals surface area contributed by atoms with Crippen molar-refractivity contribution in [1.82, 2.24) is 4.90 Å². The lowest BCUT2D eigenvalue weighted by atomic mass is 9.97. The van der Waals surface area contributed by atoms with E-state index in [1.807, 2.05) is 24.3 Å².